The van der Waals surface area contributed by atoms with Crippen molar-refractivity contribution in [1.29, 1.82) is 0 Å². The van der Waals surface area contributed by atoms with E-state index in [0.29, 0.717) is 12.8 Å². The second kappa shape index (κ2) is 31.1. The zero-order chi connectivity index (χ0) is 33.4. The number of aliphatic hydroxyl groups excluding tert-OH is 2. The molecule has 0 aromatic rings. The van der Waals surface area contributed by atoms with Gasteiger partial charge in [-0.2, -0.15) is 0 Å². The summed E-state index contributed by atoms with van der Waals surface area (Å²) in [4.78, 5) is 34.6. The Morgan fingerprint density at radius 3 is 1.78 bits per heavy atom. The Balaban J connectivity index is 4.43. The van der Waals surface area contributed by atoms with Gasteiger partial charge in [-0.1, -0.05) is 115 Å². The van der Waals surface area contributed by atoms with E-state index >= 15 is 0 Å². The molecule has 0 aromatic carbocycles. The van der Waals surface area contributed by atoms with Crippen LogP contribution in [0.1, 0.15) is 142 Å². The van der Waals surface area contributed by atoms with Crippen molar-refractivity contribution >= 4 is 19.8 Å². The number of aliphatic hydroxyl groups is 2. The van der Waals surface area contributed by atoms with Gasteiger partial charge in [0.25, 0.3) is 0 Å². The topological polar surface area (TPSA) is 149 Å². The number of phosphoric ester groups is 1. The van der Waals surface area contributed by atoms with Crippen LogP contribution in [0, 0.1) is 0 Å². The van der Waals surface area contributed by atoms with Crippen LogP contribution in [0.5, 0.6) is 0 Å². The van der Waals surface area contributed by atoms with E-state index in [1.807, 2.05) is 0 Å². The SMILES string of the molecule is CCCC/C=C\C/C=C\CCCCCCCC(=O)OC(COC(=O)CCCCCCCCCC)COP(=O)(O)OCC(O)CO. The molecule has 0 rings (SSSR count). The van der Waals surface area contributed by atoms with Gasteiger partial charge >= 0.3 is 19.8 Å². The summed E-state index contributed by atoms with van der Waals surface area (Å²) in [6, 6.07) is 0. The first-order chi connectivity index (χ1) is 21.7. The first-order valence-electron chi connectivity index (χ1n) is 17.3. The molecule has 3 atom stereocenters. The van der Waals surface area contributed by atoms with Crippen molar-refractivity contribution in [1.82, 2.24) is 0 Å². The molecule has 11 heteroatoms. The summed E-state index contributed by atoms with van der Waals surface area (Å²) in [7, 11) is -4.60. The van der Waals surface area contributed by atoms with Crippen molar-refractivity contribution in [2.45, 2.75) is 154 Å². The fourth-order valence-corrected chi connectivity index (χ4v) is 5.15. The van der Waals surface area contributed by atoms with Gasteiger partial charge in [0.05, 0.1) is 19.8 Å². The standard InChI is InChI=1S/C34H63O10P/c1-3-5-7-9-11-13-14-15-16-17-18-20-22-24-26-34(38)44-32(30-43-45(39,40)42-28-31(36)27-35)29-41-33(37)25-23-21-19-12-10-8-6-4-2/h9,11,14-15,31-32,35-36H,3-8,10,12-13,16-30H2,1-2H3,(H,39,40)/b11-9-,15-14-. The van der Waals surface area contributed by atoms with Crippen LogP contribution >= 0.6 is 7.82 Å². The first kappa shape index (κ1) is 43.5. The molecule has 0 spiro atoms. The maximum Gasteiger partial charge on any atom is 0.472 e. The minimum atomic E-state index is -4.60. The van der Waals surface area contributed by atoms with E-state index in [2.05, 4.69) is 42.7 Å². The van der Waals surface area contributed by atoms with E-state index in [1.54, 1.807) is 0 Å². The first-order valence-corrected chi connectivity index (χ1v) is 18.8. The highest BCUT2D eigenvalue weighted by molar-refractivity contribution is 7.47. The van der Waals surface area contributed by atoms with E-state index in [9.17, 15) is 24.2 Å². The number of esters is 2. The Bertz CT molecular complexity index is 817. The second-order valence-electron chi connectivity index (χ2n) is 11.5. The minimum Gasteiger partial charge on any atom is -0.462 e. The van der Waals surface area contributed by atoms with E-state index in [0.717, 1.165) is 64.2 Å². The van der Waals surface area contributed by atoms with Crippen LogP contribution in [0.3, 0.4) is 0 Å². The lowest BCUT2D eigenvalue weighted by molar-refractivity contribution is -0.161. The lowest BCUT2D eigenvalue weighted by Crippen LogP contribution is -2.29. The number of carbonyl (C=O) groups excluding carboxylic acids is 2. The van der Waals surface area contributed by atoms with Gasteiger partial charge in [0.2, 0.25) is 0 Å². The normalized spacial score (nSPS) is 14.5. The third-order valence-corrected chi connectivity index (χ3v) is 8.06. The summed E-state index contributed by atoms with van der Waals surface area (Å²) < 4.78 is 32.4. The van der Waals surface area contributed by atoms with Gasteiger partial charge in [-0.25, -0.2) is 4.57 Å². The summed E-state index contributed by atoms with van der Waals surface area (Å²) >= 11 is 0. The number of allylic oxidation sites excluding steroid dienone is 4. The molecule has 3 N–H and O–H groups in total. The van der Waals surface area contributed by atoms with Crippen molar-refractivity contribution in [2.24, 2.45) is 0 Å². The average Bonchev–Trinajstić information content (AvgIpc) is 3.02. The van der Waals surface area contributed by atoms with Crippen LogP contribution in [-0.2, 0) is 32.7 Å². The van der Waals surface area contributed by atoms with Gasteiger partial charge in [-0.3, -0.25) is 18.6 Å². The Morgan fingerprint density at radius 2 is 1.18 bits per heavy atom. The quantitative estimate of drug-likeness (QED) is 0.0281. The van der Waals surface area contributed by atoms with Crippen molar-refractivity contribution in [3.8, 4) is 0 Å². The number of ether oxygens (including phenoxy) is 2. The van der Waals surface area contributed by atoms with E-state index < -0.39 is 51.8 Å². The smallest absolute Gasteiger partial charge is 0.462 e. The molecular weight excluding hydrogens is 599 g/mol. The van der Waals surface area contributed by atoms with E-state index in [4.69, 9.17) is 19.1 Å². The Hall–Kier alpha value is -1.55. The van der Waals surface area contributed by atoms with Crippen molar-refractivity contribution < 1.29 is 47.8 Å². The monoisotopic (exact) mass is 662 g/mol. The zero-order valence-electron chi connectivity index (χ0n) is 28.1. The highest BCUT2D eigenvalue weighted by atomic mass is 31.2. The highest BCUT2D eigenvalue weighted by Crippen LogP contribution is 2.43. The minimum absolute atomic E-state index is 0.170. The molecule has 0 saturated heterocycles. The maximum atomic E-state index is 12.5. The predicted molar refractivity (Wildman–Crippen MR) is 178 cm³/mol. The molecule has 0 radical (unpaired) electrons. The molecule has 0 aliphatic heterocycles. The molecular formula is C34H63O10P. The van der Waals surface area contributed by atoms with Crippen LogP contribution in [0.25, 0.3) is 0 Å². The van der Waals surface area contributed by atoms with E-state index in [-0.39, 0.29) is 19.4 Å². The summed E-state index contributed by atoms with van der Waals surface area (Å²) in [6.07, 6.45) is 25.9. The predicted octanol–water partition coefficient (Wildman–Crippen LogP) is 7.88. The van der Waals surface area contributed by atoms with Crippen LogP contribution < -0.4 is 0 Å². The van der Waals surface area contributed by atoms with Crippen molar-refractivity contribution in [3.63, 3.8) is 0 Å². The molecule has 0 fully saturated rings. The molecule has 10 nitrogen and oxygen atoms in total. The molecule has 45 heavy (non-hydrogen) atoms. The molecule has 0 bridgehead atoms. The summed E-state index contributed by atoms with van der Waals surface area (Å²) in [5.41, 5.74) is 0. The molecule has 3 unspecified atom stereocenters. The highest BCUT2D eigenvalue weighted by Gasteiger charge is 2.27. The van der Waals surface area contributed by atoms with Gasteiger partial charge in [0.15, 0.2) is 6.10 Å². The summed E-state index contributed by atoms with van der Waals surface area (Å²) in [5, 5.41) is 18.2. The summed E-state index contributed by atoms with van der Waals surface area (Å²) in [6.45, 7) is 2.25. The molecule has 0 aliphatic rings. The number of carbonyl (C=O) groups is 2. The lowest BCUT2D eigenvalue weighted by atomic mass is 10.1. The molecule has 0 heterocycles. The molecule has 0 saturated carbocycles. The number of phosphoric acid groups is 1. The molecule has 0 aliphatic carbocycles. The lowest BCUT2D eigenvalue weighted by Gasteiger charge is -2.20. The van der Waals surface area contributed by atoms with E-state index in [1.165, 1.54) is 38.5 Å². The van der Waals surface area contributed by atoms with Crippen LogP contribution in [0.2, 0.25) is 0 Å². The maximum absolute atomic E-state index is 12.5. The molecule has 0 aromatic heterocycles. The zero-order valence-corrected chi connectivity index (χ0v) is 29.0. The van der Waals surface area contributed by atoms with Crippen molar-refractivity contribution in [3.05, 3.63) is 24.3 Å². The van der Waals surface area contributed by atoms with Gasteiger partial charge in [0.1, 0.15) is 12.7 Å². The Kier molecular flexibility index (Phi) is 30.0. The largest absolute Gasteiger partial charge is 0.472 e. The molecule has 264 valence electrons. The third-order valence-electron chi connectivity index (χ3n) is 7.11. The number of hydrogen-bond donors (Lipinski definition) is 3. The second-order valence-corrected chi connectivity index (χ2v) is 13.0. The number of rotatable bonds is 32. The fraction of sp³-hybridized carbons (Fsp3) is 0.824. The third kappa shape index (κ3) is 30.8. The van der Waals surface area contributed by atoms with Gasteiger partial charge in [0, 0.05) is 12.8 Å². The van der Waals surface area contributed by atoms with Crippen molar-refractivity contribution in [2.75, 3.05) is 26.4 Å². The summed E-state index contributed by atoms with van der Waals surface area (Å²) in [5.74, 6) is -0.947. The van der Waals surface area contributed by atoms with Crippen LogP contribution in [0.15, 0.2) is 24.3 Å². The van der Waals surface area contributed by atoms with Gasteiger partial charge in [-0.15, -0.1) is 0 Å². The number of hydrogen-bond acceptors (Lipinski definition) is 9. The Labute approximate surface area is 272 Å². The number of unbranched alkanes of at least 4 members (excludes halogenated alkanes) is 14. The Morgan fingerprint density at radius 1 is 0.667 bits per heavy atom. The average molecular weight is 663 g/mol. The van der Waals surface area contributed by atoms with Gasteiger partial charge in [-0.05, 0) is 38.5 Å². The van der Waals surface area contributed by atoms with Gasteiger partial charge < -0.3 is 24.6 Å². The molecule has 0 amide bonds. The fourth-order valence-electron chi connectivity index (χ4n) is 4.36. The van der Waals surface area contributed by atoms with Crippen LogP contribution in [0.4, 0.5) is 0 Å². The van der Waals surface area contributed by atoms with Crippen LogP contribution in [-0.4, -0.2) is 65.7 Å².